The van der Waals surface area contributed by atoms with Gasteiger partial charge in [0.15, 0.2) is 0 Å². The van der Waals surface area contributed by atoms with E-state index in [0.29, 0.717) is 0 Å². The molecule has 0 aromatic heterocycles. The van der Waals surface area contributed by atoms with Crippen molar-refractivity contribution in [2.75, 3.05) is 0 Å². The maximum atomic E-state index is 9.37. The van der Waals surface area contributed by atoms with E-state index < -0.39 is 21.0 Å². The van der Waals surface area contributed by atoms with Crippen LogP contribution in [0.4, 0.5) is 0 Å². The van der Waals surface area contributed by atoms with Crippen LogP contribution in [-0.4, -0.2) is 16.8 Å². The van der Waals surface area contributed by atoms with E-state index in [1.165, 1.54) is 0 Å². The molecule has 0 aliphatic heterocycles. The minimum Gasteiger partial charge on any atom is -0.162 e. The number of nitrogens with zero attached hydrogens (tertiary/aromatic N) is 2. The lowest BCUT2D eigenvalue weighted by molar-refractivity contribution is 0.614. The predicted octanol–water partition coefficient (Wildman–Crippen LogP) is 0.713. The summed E-state index contributed by atoms with van der Waals surface area (Å²) >= 11 is 0. The molecule has 0 spiro atoms. The lowest BCUT2D eigenvalue weighted by atomic mass is 10.4. The molecule has 0 bridgehead atoms. The molecule has 0 saturated carbocycles. The molecule has 0 heterocycles. The highest BCUT2D eigenvalue weighted by molar-refractivity contribution is 7.63. The second-order valence-electron chi connectivity index (χ2n) is 1.75. The second kappa shape index (κ2) is 8.08. The van der Waals surface area contributed by atoms with Crippen molar-refractivity contribution < 1.29 is 16.8 Å². The molecule has 1 aromatic rings. The van der Waals surface area contributed by atoms with E-state index in [1.54, 1.807) is 0 Å². The van der Waals surface area contributed by atoms with Gasteiger partial charge in [0.2, 0.25) is 0 Å². The number of benzene rings is 1. The van der Waals surface area contributed by atoms with Crippen LogP contribution < -0.4 is 0 Å². The SMILES string of the molecule is O=S(=O)=NN=S(=O)=O.c1ccccc1. The van der Waals surface area contributed by atoms with Gasteiger partial charge in [-0.15, -0.1) is 0 Å². The van der Waals surface area contributed by atoms with Crippen LogP contribution >= 0.6 is 0 Å². The lowest BCUT2D eigenvalue weighted by Gasteiger charge is -1.69. The summed E-state index contributed by atoms with van der Waals surface area (Å²) in [5.41, 5.74) is 0. The first-order valence-electron chi connectivity index (χ1n) is 3.23. The van der Waals surface area contributed by atoms with Gasteiger partial charge in [0.1, 0.15) is 0 Å². The highest BCUT2D eigenvalue weighted by Gasteiger charge is 1.65. The van der Waals surface area contributed by atoms with Gasteiger partial charge in [-0.3, -0.25) is 0 Å². The van der Waals surface area contributed by atoms with Crippen molar-refractivity contribution in [3.8, 4) is 0 Å². The molecule has 0 saturated heterocycles. The Morgan fingerprint density at radius 3 is 0.929 bits per heavy atom. The van der Waals surface area contributed by atoms with E-state index in [-0.39, 0.29) is 0 Å². The fourth-order valence-corrected chi connectivity index (χ4v) is 0.875. The van der Waals surface area contributed by atoms with Gasteiger partial charge in [-0.1, -0.05) is 36.4 Å². The number of rotatable bonds is 1. The van der Waals surface area contributed by atoms with Crippen LogP contribution in [0.3, 0.4) is 0 Å². The molecule has 0 unspecified atom stereocenters. The molecule has 6 nitrogen and oxygen atoms in total. The van der Waals surface area contributed by atoms with Gasteiger partial charge in [-0.2, -0.15) is 16.8 Å². The highest BCUT2D eigenvalue weighted by atomic mass is 32.2. The monoisotopic (exact) mass is 234 g/mol. The van der Waals surface area contributed by atoms with Crippen LogP contribution in [0.5, 0.6) is 0 Å². The second-order valence-corrected chi connectivity index (χ2v) is 2.95. The predicted molar refractivity (Wildman–Crippen MR) is 49.1 cm³/mol. The van der Waals surface area contributed by atoms with E-state index in [2.05, 4.69) is 8.94 Å². The Hall–Kier alpha value is -1.54. The van der Waals surface area contributed by atoms with Crippen LogP contribution in [0.2, 0.25) is 0 Å². The molecule has 1 rings (SSSR count). The normalized spacial score (nSPS) is 7.71. The molecule has 0 radical (unpaired) electrons. The summed E-state index contributed by atoms with van der Waals surface area (Å²) in [6, 6.07) is 12.0. The maximum absolute atomic E-state index is 9.37. The first-order valence-corrected chi connectivity index (χ1v) is 5.30. The summed E-state index contributed by atoms with van der Waals surface area (Å²) < 4.78 is 42.0. The highest BCUT2D eigenvalue weighted by Crippen LogP contribution is 1.79. The fraction of sp³-hybridized carbons (Fsp3) is 0. The minimum atomic E-state index is -2.77. The zero-order valence-corrected chi connectivity index (χ0v) is 8.44. The first-order chi connectivity index (χ1) is 6.63. The summed E-state index contributed by atoms with van der Waals surface area (Å²) in [7, 11) is -5.54. The third-order valence-electron chi connectivity index (χ3n) is 0.833. The van der Waals surface area contributed by atoms with Crippen molar-refractivity contribution in [2.45, 2.75) is 0 Å². The van der Waals surface area contributed by atoms with Crippen molar-refractivity contribution in [3.05, 3.63) is 36.4 Å². The Morgan fingerprint density at radius 1 is 0.571 bits per heavy atom. The maximum Gasteiger partial charge on any atom is 0.335 e. The molecule has 0 aliphatic rings. The van der Waals surface area contributed by atoms with Gasteiger partial charge in [-0.05, 0) is 8.94 Å². The number of hydrogen-bond acceptors (Lipinski definition) is 4. The molecular formula is C6H6N2O4S2. The summed E-state index contributed by atoms with van der Waals surface area (Å²) in [6.45, 7) is 0. The topological polar surface area (TPSA) is 93.0 Å². The number of hydrogen-bond donors (Lipinski definition) is 0. The van der Waals surface area contributed by atoms with E-state index in [4.69, 9.17) is 0 Å². The van der Waals surface area contributed by atoms with E-state index in [0.717, 1.165) is 0 Å². The molecule has 0 atom stereocenters. The average molecular weight is 234 g/mol. The van der Waals surface area contributed by atoms with Gasteiger partial charge in [0, 0.05) is 0 Å². The van der Waals surface area contributed by atoms with Gasteiger partial charge < -0.3 is 0 Å². The Balaban J connectivity index is 0.000000249. The summed E-state index contributed by atoms with van der Waals surface area (Å²) in [6.07, 6.45) is 0. The Morgan fingerprint density at radius 2 is 0.786 bits per heavy atom. The molecule has 0 N–H and O–H groups in total. The van der Waals surface area contributed by atoms with E-state index >= 15 is 0 Å². The van der Waals surface area contributed by atoms with E-state index in [1.807, 2.05) is 36.4 Å². The van der Waals surface area contributed by atoms with Gasteiger partial charge in [0.05, 0.1) is 0 Å². The zero-order chi connectivity index (χ0) is 10.8. The van der Waals surface area contributed by atoms with Crippen LogP contribution in [0.25, 0.3) is 0 Å². The average Bonchev–Trinajstić information content (AvgIpc) is 2.18. The van der Waals surface area contributed by atoms with Gasteiger partial charge in [-0.25, -0.2) is 0 Å². The van der Waals surface area contributed by atoms with Crippen molar-refractivity contribution in [1.82, 2.24) is 0 Å². The largest absolute Gasteiger partial charge is 0.335 e. The summed E-state index contributed by atoms with van der Waals surface area (Å²) in [4.78, 5) is 0. The summed E-state index contributed by atoms with van der Waals surface area (Å²) in [5.74, 6) is 0. The molecule has 1 aromatic carbocycles. The molecule has 76 valence electrons. The van der Waals surface area contributed by atoms with Crippen molar-refractivity contribution >= 4 is 21.0 Å². The minimum absolute atomic E-state index is 2.00. The third kappa shape index (κ3) is 10.5. The molecule has 8 heteroatoms. The van der Waals surface area contributed by atoms with Crippen molar-refractivity contribution in [2.24, 2.45) is 8.94 Å². The van der Waals surface area contributed by atoms with Crippen LogP contribution in [-0.2, 0) is 21.0 Å². The standard InChI is InChI=1S/C6H6.N2O4S2/c1-2-4-6-5-3-1;3-7(4)1-2-8(5)6/h1-6H;. The molecule has 0 amide bonds. The van der Waals surface area contributed by atoms with Gasteiger partial charge in [0.25, 0.3) is 0 Å². The third-order valence-corrected chi connectivity index (χ3v) is 1.37. The molecule has 0 aliphatic carbocycles. The smallest absolute Gasteiger partial charge is 0.162 e. The Labute approximate surface area is 83.6 Å². The van der Waals surface area contributed by atoms with Crippen LogP contribution in [0.15, 0.2) is 45.3 Å². The quantitative estimate of drug-likeness (QED) is 0.669. The molecular weight excluding hydrogens is 228 g/mol. The fourth-order valence-electron chi connectivity index (χ4n) is 0.439. The van der Waals surface area contributed by atoms with E-state index in [9.17, 15) is 16.8 Å². The van der Waals surface area contributed by atoms with Gasteiger partial charge >= 0.3 is 21.0 Å². The van der Waals surface area contributed by atoms with Crippen LogP contribution in [0, 0.1) is 0 Å². The molecule has 14 heavy (non-hydrogen) atoms. The van der Waals surface area contributed by atoms with Crippen molar-refractivity contribution in [3.63, 3.8) is 0 Å². The first kappa shape index (κ1) is 12.5. The summed E-state index contributed by atoms with van der Waals surface area (Å²) in [5, 5.41) is 0. The molecule has 0 fully saturated rings. The Kier molecular flexibility index (Phi) is 7.19. The lowest BCUT2D eigenvalue weighted by Crippen LogP contribution is -1.53. The van der Waals surface area contributed by atoms with Crippen LogP contribution in [0.1, 0.15) is 0 Å². The Bertz CT molecular complexity index is 427. The van der Waals surface area contributed by atoms with Crippen molar-refractivity contribution in [1.29, 1.82) is 0 Å². The zero-order valence-electron chi connectivity index (χ0n) is 6.81.